The molecule has 0 aliphatic carbocycles. The van der Waals surface area contributed by atoms with Gasteiger partial charge in [-0.05, 0) is 19.1 Å². The van der Waals surface area contributed by atoms with Gasteiger partial charge >= 0.3 is 0 Å². The first-order valence-electron chi connectivity index (χ1n) is 5.81. The molecular weight excluding hydrogens is 253 g/mol. The maximum absolute atomic E-state index is 13.7. The van der Waals surface area contributed by atoms with Crippen LogP contribution in [0.25, 0.3) is 0 Å². The van der Waals surface area contributed by atoms with Gasteiger partial charge in [0.05, 0.1) is 6.33 Å². The SMILES string of the molecule is C[C@@H](NCCn1ccnc1)c1c(F)cccc1Cl. The number of nitrogens with one attached hydrogen (secondary N) is 1. The van der Waals surface area contributed by atoms with Gasteiger partial charge in [-0.15, -0.1) is 0 Å². The molecule has 0 aliphatic rings. The van der Waals surface area contributed by atoms with Crippen LogP contribution in [0.1, 0.15) is 18.5 Å². The van der Waals surface area contributed by atoms with Crippen LogP contribution in [0.2, 0.25) is 5.02 Å². The second-order valence-corrected chi connectivity index (χ2v) is 4.52. The van der Waals surface area contributed by atoms with Crippen molar-refractivity contribution in [2.24, 2.45) is 0 Å². The number of hydrogen-bond acceptors (Lipinski definition) is 2. The zero-order valence-electron chi connectivity index (χ0n) is 10.1. The summed E-state index contributed by atoms with van der Waals surface area (Å²) in [5.41, 5.74) is 0.518. The summed E-state index contributed by atoms with van der Waals surface area (Å²) in [4.78, 5) is 3.96. The van der Waals surface area contributed by atoms with Crippen LogP contribution in [0.15, 0.2) is 36.9 Å². The third kappa shape index (κ3) is 3.09. The topological polar surface area (TPSA) is 29.9 Å². The predicted octanol–water partition coefficient (Wildman–Crippen LogP) is 3.03. The number of benzene rings is 1. The summed E-state index contributed by atoms with van der Waals surface area (Å²) in [5, 5.41) is 3.70. The average Bonchev–Trinajstić information content (AvgIpc) is 2.82. The summed E-state index contributed by atoms with van der Waals surface area (Å²) >= 11 is 6.01. The van der Waals surface area contributed by atoms with Crippen molar-refractivity contribution in [3.63, 3.8) is 0 Å². The molecule has 0 saturated heterocycles. The van der Waals surface area contributed by atoms with Crippen LogP contribution in [0, 0.1) is 5.82 Å². The van der Waals surface area contributed by atoms with Gasteiger partial charge in [0.25, 0.3) is 0 Å². The number of halogens is 2. The molecule has 1 N–H and O–H groups in total. The highest BCUT2D eigenvalue weighted by Gasteiger charge is 2.13. The lowest BCUT2D eigenvalue weighted by atomic mass is 10.1. The molecule has 0 fully saturated rings. The lowest BCUT2D eigenvalue weighted by Crippen LogP contribution is -2.24. The summed E-state index contributed by atoms with van der Waals surface area (Å²) < 4.78 is 15.6. The Bertz CT molecular complexity index is 479. The molecule has 0 spiro atoms. The van der Waals surface area contributed by atoms with Gasteiger partial charge in [-0.25, -0.2) is 9.37 Å². The molecule has 1 aromatic carbocycles. The van der Waals surface area contributed by atoms with E-state index in [-0.39, 0.29) is 11.9 Å². The third-order valence-electron chi connectivity index (χ3n) is 2.81. The van der Waals surface area contributed by atoms with E-state index in [2.05, 4.69) is 10.3 Å². The molecule has 0 saturated carbocycles. The minimum absolute atomic E-state index is 0.123. The summed E-state index contributed by atoms with van der Waals surface area (Å²) in [7, 11) is 0. The standard InChI is InChI=1S/C13H15ClFN3/c1-10(13-11(14)3-2-4-12(13)15)17-6-8-18-7-5-16-9-18/h2-5,7,9-10,17H,6,8H2,1H3/t10-/m1/s1. The van der Waals surface area contributed by atoms with Gasteiger partial charge < -0.3 is 9.88 Å². The molecule has 0 bridgehead atoms. The van der Waals surface area contributed by atoms with Gasteiger partial charge in [-0.1, -0.05) is 17.7 Å². The first-order valence-corrected chi connectivity index (χ1v) is 6.19. The van der Waals surface area contributed by atoms with Crippen molar-refractivity contribution < 1.29 is 4.39 Å². The van der Waals surface area contributed by atoms with Gasteiger partial charge in [0.1, 0.15) is 5.82 Å². The first-order chi connectivity index (χ1) is 8.68. The highest BCUT2D eigenvalue weighted by molar-refractivity contribution is 6.31. The van der Waals surface area contributed by atoms with E-state index in [1.165, 1.54) is 6.07 Å². The minimum atomic E-state index is -0.273. The van der Waals surface area contributed by atoms with Crippen LogP contribution in [0.3, 0.4) is 0 Å². The van der Waals surface area contributed by atoms with Crippen LogP contribution < -0.4 is 5.32 Å². The van der Waals surface area contributed by atoms with Crippen molar-refractivity contribution in [1.29, 1.82) is 0 Å². The Labute approximate surface area is 111 Å². The van der Waals surface area contributed by atoms with Crippen molar-refractivity contribution >= 4 is 11.6 Å². The third-order valence-corrected chi connectivity index (χ3v) is 3.14. The Morgan fingerprint density at radius 1 is 1.50 bits per heavy atom. The lowest BCUT2D eigenvalue weighted by Gasteiger charge is -2.16. The van der Waals surface area contributed by atoms with Gasteiger partial charge in [0.2, 0.25) is 0 Å². The highest BCUT2D eigenvalue weighted by atomic mass is 35.5. The minimum Gasteiger partial charge on any atom is -0.336 e. The Balaban J connectivity index is 1.93. The lowest BCUT2D eigenvalue weighted by molar-refractivity contribution is 0.505. The molecular formula is C13H15ClFN3. The quantitative estimate of drug-likeness (QED) is 0.902. The van der Waals surface area contributed by atoms with Crippen LogP contribution in [0.4, 0.5) is 4.39 Å². The molecule has 0 amide bonds. The molecule has 1 aromatic heterocycles. The van der Waals surface area contributed by atoms with E-state index in [1.54, 1.807) is 24.7 Å². The Morgan fingerprint density at radius 3 is 3.00 bits per heavy atom. The molecule has 96 valence electrons. The van der Waals surface area contributed by atoms with E-state index in [4.69, 9.17) is 11.6 Å². The fraction of sp³-hybridized carbons (Fsp3) is 0.308. The second kappa shape index (κ2) is 5.98. The van der Waals surface area contributed by atoms with Crippen LogP contribution in [-0.2, 0) is 6.54 Å². The number of imidazole rings is 1. The van der Waals surface area contributed by atoms with E-state index in [1.807, 2.05) is 17.7 Å². The molecule has 1 heterocycles. The van der Waals surface area contributed by atoms with Crippen molar-refractivity contribution in [2.45, 2.75) is 19.5 Å². The highest BCUT2D eigenvalue weighted by Crippen LogP contribution is 2.25. The summed E-state index contributed by atoms with van der Waals surface area (Å²) in [6, 6.07) is 4.62. The fourth-order valence-electron chi connectivity index (χ4n) is 1.86. The molecule has 2 rings (SSSR count). The van der Waals surface area contributed by atoms with Crippen LogP contribution in [0.5, 0.6) is 0 Å². The Morgan fingerprint density at radius 2 is 2.33 bits per heavy atom. The maximum Gasteiger partial charge on any atom is 0.129 e. The van der Waals surface area contributed by atoms with Gasteiger partial charge in [-0.3, -0.25) is 0 Å². The zero-order valence-corrected chi connectivity index (χ0v) is 10.9. The van der Waals surface area contributed by atoms with E-state index >= 15 is 0 Å². The summed E-state index contributed by atoms with van der Waals surface area (Å²) in [6.07, 6.45) is 5.38. The number of nitrogens with zero attached hydrogens (tertiary/aromatic N) is 2. The molecule has 0 radical (unpaired) electrons. The maximum atomic E-state index is 13.7. The van der Waals surface area contributed by atoms with Crippen molar-refractivity contribution in [2.75, 3.05) is 6.54 Å². The van der Waals surface area contributed by atoms with E-state index in [0.717, 1.165) is 13.1 Å². The average molecular weight is 268 g/mol. The molecule has 5 heteroatoms. The summed E-state index contributed by atoms with van der Waals surface area (Å²) in [6.45, 7) is 3.41. The normalized spacial score (nSPS) is 12.6. The van der Waals surface area contributed by atoms with E-state index in [0.29, 0.717) is 10.6 Å². The molecule has 0 aliphatic heterocycles. The smallest absolute Gasteiger partial charge is 0.129 e. The van der Waals surface area contributed by atoms with Gasteiger partial charge in [0.15, 0.2) is 0 Å². The second-order valence-electron chi connectivity index (χ2n) is 4.11. The van der Waals surface area contributed by atoms with Crippen molar-refractivity contribution in [1.82, 2.24) is 14.9 Å². The zero-order chi connectivity index (χ0) is 13.0. The monoisotopic (exact) mass is 267 g/mol. The van der Waals surface area contributed by atoms with E-state index in [9.17, 15) is 4.39 Å². The van der Waals surface area contributed by atoms with Crippen molar-refractivity contribution in [3.8, 4) is 0 Å². The Hall–Kier alpha value is -1.39. The van der Waals surface area contributed by atoms with Crippen molar-refractivity contribution in [3.05, 3.63) is 53.3 Å². The molecule has 3 nitrogen and oxygen atoms in total. The Kier molecular flexibility index (Phi) is 4.33. The van der Waals surface area contributed by atoms with Crippen LogP contribution >= 0.6 is 11.6 Å². The molecule has 1 atom stereocenters. The number of rotatable bonds is 5. The number of hydrogen-bond donors (Lipinski definition) is 1. The van der Waals surface area contributed by atoms with Gasteiger partial charge in [-0.2, -0.15) is 0 Å². The number of aromatic nitrogens is 2. The first kappa shape index (κ1) is 13.1. The largest absolute Gasteiger partial charge is 0.336 e. The van der Waals surface area contributed by atoms with Crippen LogP contribution in [-0.4, -0.2) is 16.1 Å². The fourth-order valence-corrected chi connectivity index (χ4v) is 2.18. The molecule has 0 unspecified atom stereocenters. The molecule has 18 heavy (non-hydrogen) atoms. The molecule has 2 aromatic rings. The van der Waals surface area contributed by atoms with E-state index < -0.39 is 0 Å². The summed E-state index contributed by atoms with van der Waals surface area (Å²) in [5.74, 6) is -0.273. The van der Waals surface area contributed by atoms with Gasteiger partial charge in [0, 0.05) is 42.1 Å². The predicted molar refractivity (Wildman–Crippen MR) is 70.1 cm³/mol.